The first-order valence-electron chi connectivity index (χ1n) is 9.89. The van der Waals surface area contributed by atoms with E-state index in [1.807, 2.05) is 24.4 Å². The fourth-order valence-electron chi connectivity index (χ4n) is 3.89. The monoisotopic (exact) mass is 395 g/mol. The molecule has 29 heavy (non-hydrogen) atoms. The Morgan fingerprint density at radius 3 is 2.66 bits per heavy atom. The SMILES string of the molecule is O=C(Cc1ccc(F)c(F)c1)NCC1CCN(c2ccnc3ccccc23)CC1. The van der Waals surface area contributed by atoms with E-state index >= 15 is 0 Å². The summed E-state index contributed by atoms with van der Waals surface area (Å²) in [6, 6.07) is 13.8. The number of carbonyl (C=O) groups excluding carboxylic acids is 1. The van der Waals surface area contributed by atoms with E-state index in [0.29, 0.717) is 18.0 Å². The van der Waals surface area contributed by atoms with Crippen molar-refractivity contribution in [3.05, 3.63) is 71.9 Å². The van der Waals surface area contributed by atoms with E-state index in [1.54, 1.807) is 0 Å². The summed E-state index contributed by atoms with van der Waals surface area (Å²) in [5.74, 6) is -1.58. The number of benzene rings is 2. The number of hydrogen-bond acceptors (Lipinski definition) is 3. The molecule has 2 aromatic carbocycles. The van der Waals surface area contributed by atoms with Crippen molar-refractivity contribution in [2.75, 3.05) is 24.5 Å². The highest BCUT2D eigenvalue weighted by Crippen LogP contribution is 2.29. The van der Waals surface area contributed by atoms with Crippen LogP contribution in [0.15, 0.2) is 54.7 Å². The van der Waals surface area contributed by atoms with Gasteiger partial charge in [0.15, 0.2) is 11.6 Å². The summed E-state index contributed by atoms with van der Waals surface area (Å²) in [5.41, 5.74) is 2.67. The lowest BCUT2D eigenvalue weighted by Crippen LogP contribution is -2.39. The molecule has 4 nitrogen and oxygen atoms in total. The summed E-state index contributed by atoms with van der Waals surface area (Å²) in [5, 5.41) is 4.10. The van der Waals surface area contributed by atoms with Crippen molar-refractivity contribution in [2.45, 2.75) is 19.3 Å². The molecule has 0 bridgehead atoms. The van der Waals surface area contributed by atoms with Crippen LogP contribution in [0.5, 0.6) is 0 Å². The fraction of sp³-hybridized carbons (Fsp3) is 0.304. The van der Waals surface area contributed by atoms with Crippen molar-refractivity contribution in [2.24, 2.45) is 5.92 Å². The highest BCUT2D eigenvalue weighted by molar-refractivity contribution is 5.91. The standard InChI is InChI=1S/C23H23F2N3O/c24-19-6-5-17(13-20(19)25)14-23(29)27-15-16-8-11-28(12-9-16)22-7-10-26-21-4-2-1-3-18(21)22/h1-7,10,13,16H,8-9,11-12,14-15H2,(H,27,29). The lowest BCUT2D eigenvalue weighted by atomic mass is 9.96. The number of amides is 1. The first kappa shape index (κ1) is 19.3. The van der Waals surface area contributed by atoms with E-state index in [9.17, 15) is 13.6 Å². The van der Waals surface area contributed by atoms with E-state index in [0.717, 1.165) is 49.0 Å². The molecule has 3 aromatic rings. The van der Waals surface area contributed by atoms with Crippen LogP contribution in [0.4, 0.5) is 14.5 Å². The second-order valence-corrected chi connectivity index (χ2v) is 7.51. The first-order valence-corrected chi connectivity index (χ1v) is 9.89. The first-order chi connectivity index (χ1) is 14.1. The second kappa shape index (κ2) is 8.55. The quantitative estimate of drug-likeness (QED) is 0.708. The molecule has 0 unspecified atom stereocenters. The van der Waals surface area contributed by atoms with Crippen LogP contribution >= 0.6 is 0 Å². The van der Waals surface area contributed by atoms with Crippen LogP contribution < -0.4 is 10.2 Å². The molecule has 150 valence electrons. The summed E-state index contributed by atoms with van der Waals surface area (Å²) in [4.78, 5) is 18.9. The van der Waals surface area contributed by atoms with Gasteiger partial charge in [-0.15, -0.1) is 0 Å². The zero-order valence-electron chi connectivity index (χ0n) is 16.1. The number of carbonyl (C=O) groups is 1. The third kappa shape index (κ3) is 4.53. The van der Waals surface area contributed by atoms with Crippen LogP contribution in [0.25, 0.3) is 10.9 Å². The minimum Gasteiger partial charge on any atom is -0.371 e. The van der Waals surface area contributed by atoms with Crippen molar-refractivity contribution >= 4 is 22.5 Å². The number of nitrogens with one attached hydrogen (secondary N) is 1. The Bertz CT molecular complexity index is 1010. The molecular formula is C23H23F2N3O. The molecule has 1 saturated heterocycles. The third-order valence-electron chi connectivity index (χ3n) is 5.52. The predicted octanol–water partition coefficient (Wildman–Crippen LogP) is 4.09. The molecule has 1 N–H and O–H groups in total. The molecule has 0 saturated carbocycles. The molecule has 1 aliphatic rings. The van der Waals surface area contributed by atoms with E-state index in [2.05, 4.69) is 27.3 Å². The summed E-state index contributed by atoms with van der Waals surface area (Å²) >= 11 is 0. The Balaban J connectivity index is 1.28. The average Bonchev–Trinajstić information content (AvgIpc) is 2.75. The molecule has 1 fully saturated rings. The molecular weight excluding hydrogens is 372 g/mol. The maximum atomic E-state index is 13.3. The number of nitrogens with zero attached hydrogens (tertiary/aromatic N) is 2. The largest absolute Gasteiger partial charge is 0.371 e. The van der Waals surface area contributed by atoms with Gasteiger partial charge in [-0.25, -0.2) is 8.78 Å². The Kier molecular flexibility index (Phi) is 5.69. The number of pyridine rings is 1. The number of aromatic nitrogens is 1. The number of anilines is 1. The Labute approximate surface area is 168 Å². The van der Waals surface area contributed by atoms with Gasteiger partial charge in [0.05, 0.1) is 11.9 Å². The van der Waals surface area contributed by atoms with Crippen LogP contribution in [0.1, 0.15) is 18.4 Å². The number of piperidine rings is 1. The molecule has 1 amide bonds. The zero-order valence-corrected chi connectivity index (χ0v) is 16.1. The van der Waals surface area contributed by atoms with Crippen molar-refractivity contribution in [1.29, 1.82) is 0 Å². The fourth-order valence-corrected chi connectivity index (χ4v) is 3.89. The molecule has 4 rings (SSSR count). The van der Waals surface area contributed by atoms with Crippen LogP contribution in [-0.2, 0) is 11.2 Å². The van der Waals surface area contributed by atoms with Crippen molar-refractivity contribution in [1.82, 2.24) is 10.3 Å². The zero-order chi connectivity index (χ0) is 20.2. The summed E-state index contributed by atoms with van der Waals surface area (Å²) in [6.07, 6.45) is 3.88. The van der Waals surface area contributed by atoms with E-state index in [-0.39, 0.29) is 12.3 Å². The lowest BCUT2D eigenvalue weighted by Gasteiger charge is -2.34. The van der Waals surface area contributed by atoms with Gasteiger partial charge in [-0.3, -0.25) is 9.78 Å². The molecule has 6 heteroatoms. The van der Waals surface area contributed by atoms with Crippen LogP contribution in [0.2, 0.25) is 0 Å². The topological polar surface area (TPSA) is 45.2 Å². The Hall–Kier alpha value is -3.02. The second-order valence-electron chi connectivity index (χ2n) is 7.51. The summed E-state index contributed by atoms with van der Waals surface area (Å²) < 4.78 is 26.2. The van der Waals surface area contributed by atoms with Crippen molar-refractivity contribution in [3.63, 3.8) is 0 Å². The molecule has 1 aromatic heterocycles. The maximum Gasteiger partial charge on any atom is 0.224 e. The Morgan fingerprint density at radius 2 is 1.86 bits per heavy atom. The number of hydrogen-bond donors (Lipinski definition) is 1. The van der Waals surface area contributed by atoms with E-state index < -0.39 is 11.6 Å². The van der Waals surface area contributed by atoms with Gasteiger partial charge in [-0.1, -0.05) is 24.3 Å². The number of rotatable bonds is 5. The summed E-state index contributed by atoms with van der Waals surface area (Å²) in [6.45, 7) is 2.46. The predicted molar refractivity (Wildman–Crippen MR) is 110 cm³/mol. The molecule has 0 spiro atoms. The molecule has 0 atom stereocenters. The van der Waals surface area contributed by atoms with Gasteiger partial charge in [0.2, 0.25) is 5.91 Å². The highest BCUT2D eigenvalue weighted by atomic mass is 19.2. The van der Waals surface area contributed by atoms with E-state index in [1.165, 1.54) is 11.8 Å². The van der Waals surface area contributed by atoms with Gasteiger partial charge >= 0.3 is 0 Å². The van der Waals surface area contributed by atoms with Gasteiger partial charge in [-0.2, -0.15) is 0 Å². The highest BCUT2D eigenvalue weighted by Gasteiger charge is 2.21. The van der Waals surface area contributed by atoms with Crippen molar-refractivity contribution in [3.8, 4) is 0 Å². The van der Waals surface area contributed by atoms with Crippen LogP contribution in [0, 0.1) is 17.6 Å². The van der Waals surface area contributed by atoms with Crippen LogP contribution in [0.3, 0.4) is 0 Å². The minimum absolute atomic E-state index is 0.0546. The maximum absolute atomic E-state index is 13.3. The van der Waals surface area contributed by atoms with Gasteiger partial charge in [-0.05, 0) is 48.6 Å². The average molecular weight is 395 g/mol. The number of fused-ring (bicyclic) bond motifs is 1. The van der Waals surface area contributed by atoms with E-state index in [4.69, 9.17) is 0 Å². The van der Waals surface area contributed by atoms with Gasteiger partial charge < -0.3 is 10.2 Å². The number of para-hydroxylation sites is 1. The molecule has 0 radical (unpaired) electrons. The van der Waals surface area contributed by atoms with Gasteiger partial charge in [0.25, 0.3) is 0 Å². The molecule has 0 aliphatic carbocycles. The van der Waals surface area contributed by atoms with Gasteiger partial charge in [0.1, 0.15) is 0 Å². The third-order valence-corrected chi connectivity index (χ3v) is 5.52. The Morgan fingerprint density at radius 1 is 1.07 bits per heavy atom. The molecule has 1 aliphatic heterocycles. The summed E-state index contributed by atoms with van der Waals surface area (Å²) in [7, 11) is 0. The van der Waals surface area contributed by atoms with Crippen molar-refractivity contribution < 1.29 is 13.6 Å². The minimum atomic E-state index is -0.925. The number of halogens is 2. The normalized spacial score (nSPS) is 14.9. The lowest BCUT2D eigenvalue weighted by molar-refractivity contribution is -0.120. The smallest absolute Gasteiger partial charge is 0.224 e. The van der Waals surface area contributed by atoms with Crippen LogP contribution in [-0.4, -0.2) is 30.5 Å². The van der Waals surface area contributed by atoms with Gasteiger partial charge in [0, 0.05) is 36.9 Å². The molecule has 2 heterocycles.